The highest BCUT2D eigenvalue weighted by Crippen LogP contribution is 2.24. The lowest BCUT2D eigenvalue weighted by molar-refractivity contribution is 0.633. The van der Waals surface area contributed by atoms with E-state index in [-0.39, 0.29) is 0 Å². The SMILES string of the molecule is CC(C)c1nc2c(n1C)CCCC2. The molecule has 1 aromatic heterocycles. The van der Waals surface area contributed by atoms with E-state index in [9.17, 15) is 0 Å². The van der Waals surface area contributed by atoms with E-state index in [1.807, 2.05) is 0 Å². The number of rotatable bonds is 1. The van der Waals surface area contributed by atoms with Crippen molar-refractivity contribution in [3.8, 4) is 0 Å². The highest BCUT2D eigenvalue weighted by atomic mass is 15.1. The zero-order chi connectivity index (χ0) is 9.42. The molecule has 0 radical (unpaired) electrons. The molecule has 1 aliphatic carbocycles. The number of hydrogen-bond donors (Lipinski definition) is 0. The normalized spacial score (nSPS) is 16.3. The van der Waals surface area contributed by atoms with E-state index in [1.165, 1.54) is 42.9 Å². The molecule has 13 heavy (non-hydrogen) atoms. The Morgan fingerprint density at radius 1 is 1.23 bits per heavy atom. The van der Waals surface area contributed by atoms with E-state index >= 15 is 0 Å². The summed E-state index contributed by atoms with van der Waals surface area (Å²) in [5, 5.41) is 0. The summed E-state index contributed by atoms with van der Waals surface area (Å²) >= 11 is 0. The fourth-order valence-corrected chi connectivity index (χ4v) is 2.22. The Bertz CT molecular complexity index is 310. The van der Waals surface area contributed by atoms with E-state index in [0.717, 1.165) is 0 Å². The van der Waals surface area contributed by atoms with Gasteiger partial charge in [-0.15, -0.1) is 0 Å². The van der Waals surface area contributed by atoms with Crippen molar-refractivity contribution in [2.45, 2.75) is 45.4 Å². The lowest BCUT2D eigenvalue weighted by Gasteiger charge is -2.11. The molecular weight excluding hydrogens is 160 g/mol. The van der Waals surface area contributed by atoms with Crippen molar-refractivity contribution in [2.24, 2.45) is 7.05 Å². The number of aromatic nitrogens is 2. The molecule has 0 atom stereocenters. The van der Waals surface area contributed by atoms with Gasteiger partial charge < -0.3 is 4.57 Å². The fraction of sp³-hybridized carbons (Fsp3) is 0.727. The van der Waals surface area contributed by atoms with Crippen molar-refractivity contribution in [3.05, 3.63) is 17.2 Å². The predicted octanol–water partition coefficient (Wildman–Crippen LogP) is 2.42. The molecular formula is C11H18N2. The lowest BCUT2D eigenvalue weighted by atomic mass is 10.0. The van der Waals surface area contributed by atoms with Crippen LogP contribution in [0.2, 0.25) is 0 Å². The van der Waals surface area contributed by atoms with Crippen LogP contribution in [0.15, 0.2) is 0 Å². The van der Waals surface area contributed by atoms with Crippen LogP contribution in [0, 0.1) is 0 Å². The summed E-state index contributed by atoms with van der Waals surface area (Å²) in [6.07, 6.45) is 5.08. The number of aryl methyl sites for hydroxylation is 1. The van der Waals surface area contributed by atoms with Crippen molar-refractivity contribution < 1.29 is 0 Å². The van der Waals surface area contributed by atoms with Crippen molar-refractivity contribution >= 4 is 0 Å². The van der Waals surface area contributed by atoms with Crippen LogP contribution in [0.3, 0.4) is 0 Å². The maximum atomic E-state index is 4.71. The first-order chi connectivity index (χ1) is 6.20. The van der Waals surface area contributed by atoms with Gasteiger partial charge in [0, 0.05) is 18.7 Å². The monoisotopic (exact) mass is 178 g/mol. The molecule has 72 valence electrons. The Hall–Kier alpha value is -0.790. The van der Waals surface area contributed by atoms with Gasteiger partial charge in [-0.05, 0) is 25.7 Å². The Balaban J connectivity index is 2.44. The first kappa shape index (κ1) is 8.79. The van der Waals surface area contributed by atoms with Crippen LogP contribution < -0.4 is 0 Å². The average Bonchev–Trinajstić information content (AvgIpc) is 2.45. The van der Waals surface area contributed by atoms with E-state index in [1.54, 1.807) is 0 Å². The molecule has 2 heteroatoms. The summed E-state index contributed by atoms with van der Waals surface area (Å²) < 4.78 is 2.30. The minimum atomic E-state index is 0.551. The first-order valence-electron chi connectivity index (χ1n) is 5.24. The standard InChI is InChI=1S/C11H18N2/c1-8(2)11-12-9-6-4-5-7-10(9)13(11)3/h8H,4-7H2,1-3H3. The Labute approximate surface area is 80.0 Å². The second-order valence-corrected chi connectivity index (χ2v) is 4.28. The molecule has 0 saturated heterocycles. The van der Waals surface area contributed by atoms with Crippen molar-refractivity contribution in [1.29, 1.82) is 0 Å². The van der Waals surface area contributed by atoms with Gasteiger partial charge in [0.25, 0.3) is 0 Å². The predicted molar refractivity (Wildman–Crippen MR) is 53.9 cm³/mol. The number of hydrogen-bond acceptors (Lipinski definition) is 1. The molecule has 0 amide bonds. The number of nitrogens with zero attached hydrogens (tertiary/aromatic N) is 2. The van der Waals surface area contributed by atoms with E-state index in [0.29, 0.717) is 5.92 Å². The van der Waals surface area contributed by atoms with Gasteiger partial charge in [0.15, 0.2) is 0 Å². The van der Waals surface area contributed by atoms with E-state index in [4.69, 9.17) is 4.98 Å². The second-order valence-electron chi connectivity index (χ2n) is 4.28. The molecule has 1 heterocycles. The zero-order valence-corrected chi connectivity index (χ0v) is 8.80. The van der Waals surface area contributed by atoms with Crippen LogP contribution >= 0.6 is 0 Å². The average molecular weight is 178 g/mol. The molecule has 0 saturated carbocycles. The third-order valence-corrected chi connectivity index (χ3v) is 2.92. The Kier molecular flexibility index (Phi) is 2.14. The fourth-order valence-electron chi connectivity index (χ4n) is 2.22. The minimum absolute atomic E-state index is 0.551. The molecule has 0 bridgehead atoms. The molecule has 0 aromatic carbocycles. The quantitative estimate of drug-likeness (QED) is 0.645. The van der Waals surface area contributed by atoms with Crippen LogP contribution in [-0.2, 0) is 19.9 Å². The summed E-state index contributed by atoms with van der Waals surface area (Å²) in [5.74, 6) is 1.81. The largest absolute Gasteiger partial charge is 0.335 e. The van der Waals surface area contributed by atoms with Gasteiger partial charge in [-0.3, -0.25) is 0 Å². The minimum Gasteiger partial charge on any atom is -0.335 e. The summed E-state index contributed by atoms with van der Waals surface area (Å²) in [6.45, 7) is 4.43. The Morgan fingerprint density at radius 3 is 2.54 bits per heavy atom. The smallest absolute Gasteiger partial charge is 0.111 e. The Morgan fingerprint density at radius 2 is 1.92 bits per heavy atom. The van der Waals surface area contributed by atoms with Crippen LogP contribution in [0.5, 0.6) is 0 Å². The molecule has 2 nitrogen and oxygen atoms in total. The molecule has 1 aliphatic rings. The molecule has 0 fully saturated rings. The summed E-state index contributed by atoms with van der Waals surface area (Å²) in [4.78, 5) is 4.71. The van der Waals surface area contributed by atoms with Crippen molar-refractivity contribution in [2.75, 3.05) is 0 Å². The highest BCUT2D eigenvalue weighted by Gasteiger charge is 2.18. The van der Waals surface area contributed by atoms with Gasteiger partial charge >= 0.3 is 0 Å². The lowest BCUT2D eigenvalue weighted by Crippen LogP contribution is -2.06. The number of imidazole rings is 1. The van der Waals surface area contributed by atoms with Crippen LogP contribution in [0.25, 0.3) is 0 Å². The maximum Gasteiger partial charge on any atom is 0.111 e. The summed E-state index contributed by atoms with van der Waals surface area (Å²) in [7, 11) is 2.16. The van der Waals surface area contributed by atoms with Crippen LogP contribution in [0.4, 0.5) is 0 Å². The van der Waals surface area contributed by atoms with Gasteiger partial charge in [0.1, 0.15) is 5.82 Å². The molecule has 1 aromatic rings. The second kappa shape index (κ2) is 3.17. The van der Waals surface area contributed by atoms with Crippen LogP contribution in [0.1, 0.15) is 49.8 Å². The molecule has 2 rings (SSSR count). The molecule has 0 aliphatic heterocycles. The van der Waals surface area contributed by atoms with E-state index < -0.39 is 0 Å². The number of fused-ring (bicyclic) bond motifs is 1. The third kappa shape index (κ3) is 1.38. The zero-order valence-electron chi connectivity index (χ0n) is 8.80. The van der Waals surface area contributed by atoms with Gasteiger partial charge in [0.2, 0.25) is 0 Å². The molecule has 0 unspecified atom stereocenters. The van der Waals surface area contributed by atoms with Gasteiger partial charge in [-0.25, -0.2) is 4.98 Å². The van der Waals surface area contributed by atoms with Crippen molar-refractivity contribution in [3.63, 3.8) is 0 Å². The maximum absolute atomic E-state index is 4.71. The topological polar surface area (TPSA) is 17.8 Å². The van der Waals surface area contributed by atoms with Crippen LogP contribution in [-0.4, -0.2) is 9.55 Å². The third-order valence-electron chi connectivity index (χ3n) is 2.92. The van der Waals surface area contributed by atoms with E-state index in [2.05, 4.69) is 25.5 Å². The van der Waals surface area contributed by atoms with Gasteiger partial charge in [-0.2, -0.15) is 0 Å². The summed E-state index contributed by atoms with van der Waals surface area (Å²) in [6, 6.07) is 0. The summed E-state index contributed by atoms with van der Waals surface area (Å²) in [5.41, 5.74) is 2.84. The molecule has 0 N–H and O–H groups in total. The molecule has 0 spiro atoms. The van der Waals surface area contributed by atoms with Gasteiger partial charge in [-0.1, -0.05) is 13.8 Å². The van der Waals surface area contributed by atoms with Crippen molar-refractivity contribution in [1.82, 2.24) is 9.55 Å². The first-order valence-corrected chi connectivity index (χ1v) is 5.24. The highest BCUT2D eigenvalue weighted by molar-refractivity contribution is 5.21. The van der Waals surface area contributed by atoms with Gasteiger partial charge in [0.05, 0.1) is 5.69 Å².